The van der Waals surface area contributed by atoms with E-state index < -0.39 is 0 Å². The predicted octanol–water partition coefficient (Wildman–Crippen LogP) is 2.45. The lowest BCUT2D eigenvalue weighted by atomic mass is 9.98. The van der Waals surface area contributed by atoms with E-state index in [1.807, 2.05) is 4.90 Å². The topological polar surface area (TPSA) is 93.7 Å². The zero-order valence-electron chi connectivity index (χ0n) is 21.0. The van der Waals surface area contributed by atoms with Crippen LogP contribution in [0.15, 0.2) is 36.1 Å². The van der Waals surface area contributed by atoms with Crippen LogP contribution in [0.5, 0.6) is 0 Å². The van der Waals surface area contributed by atoms with E-state index in [-0.39, 0.29) is 29.7 Å². The molecule has 0 aromatic carbocycles. The number of nitrogens with one attached hydrogen (secondary N) is 2. The van der Waals surface area contributed by atoms with Gasteiger partial charge in [0.1, 0.15) is 23.8 Å². The van der Waals surface area contributed by atoms with E-state index in [0.717, 1.165) is 25.0 Å². The van der Waals surface area contributed by atoms with Gasteiger partial charge in [-0.05, 0) is 51.3 Å². The summed E-state index contributed by atoms with van der Waals surface area (Å²) in [7, 11) is 0. The van der Waals surface area contributed by atoms with E-state index in [2.05, 4.69) is 44.2 Å². The quantitative estimate of drug-likeness (QED) is 0.618. The highest BCUT2D eigenvalue weighted by Gasteiger charge is 2.33. The molecule has 1 aliphatic carbocycles. The van der Waals surface area contributed by atoms with Gasteiger partial charge in [-0.25, -0.2) is 14.4 Å². The molecule has 1 unspecified atom stereocenters. The highest BCUT2D eigenvalue weighted by Crippen LogP contribution is 2.36. The number of anilines is 2. The molecule has 5 aliphatic rings. The van der Waals surface area contributed by atoms with Crippen LogP contribution in [0.25, 0.3) is 5.57 Å². The largest absolute Gasteiger partial charge is 0.384 e. The summed E-state index contributed by atoms with van der Waals surface area (Å²) in [6, 6.07) is 0.133. The molecular weight excluding hydrogens is 461 g/mol. The molecule has 192 valence electrons. The Labute approximate surface area is 211 Å². The number of allylic oxidation sites excluding steroid dienone is 2. The lowest BCUT2D eigenvalue weighted by Gasteiger charge is -2.36. The molecule has 0 spiro atoms. The third kappa shape index (κ3) is 5.00. The summed E-state index contributed by atoms with van der Waals surface area (Å²) in [6.07, 6.45) is 9.23. The average molecular weight is 496 g/mol. The summed E-state index contributed by atoms with van der Waals surface area (Å²) < 4.78 is 14.8. The highest BCUT2D eigenvalue weighted by molar-refractivity contribution is 6.32. The molecule has 4 aliphatic heterocycles. The van der Waals surface area contributed by atoms with E-state index in [4.69, 9.17) is 0 Å². The van der Waals surface area contributed by atoms with Gasteiger partial charge in [-0.2, -0.15) is 0 Å². The number of carbonyl (C=O) groups is 2. The standard InChI is InChI=1S/C26H34FN7O2/c1-17(2)34-8-4-3-5-22(35)32-9-11-33(12-10-32)25-23-20(26(36)31-24(23)29-16-30-25)14-28-19-6-7-21(27)18(13-19)15-34/h6-7,14,16-17,19,28H,3-5,8-13,15H2,1-2H3,(H,29,30,31,36)/b20-14-. The Bertz CT molecular complexity index is 1120. The molecule has 1 atom stereocenters. The molecule has 1 fully saturated rings. The first-order chi connectivity index (χ1) is 17.4. The van der Waals surface area contributed by atoms with E-state index in [9.17, 15) is 14.0 Å². The predicted molar refractivity (Wildman–Crippen MR) is 137 cm³/mol. The molecular formula is C26H34FN7O2. The van der Waals surface area contributed by atoms with Crippen molar-refractivity contribution in [1.29, 1.82) is 0 Å². The molecule has 4 bridgehead atoms. The second kappa shape index (κ2) is 10.4. The maximum atomic E-state index is 14.8. The number of carbonyl (C=O) groups excluding carboxylic acids is 2. The van der Waals surface area contributed by atoms with Crippen molar-refractivity contribution in [2.75, 3.05) is 49.5 Å². The summed E-state index contributed by atoms with van der Waals surface area (Å²) in [5, 5.41) is 6.16. The van der Waals surface area contributed by atoms with Crippen molar-refractivity contribution in [3.63, 3.8) is 0 Å². The van der Waals surface area contributed by atoms with Crippen LogP contribution in [0.2, 0.25) is 0 Å². The minimum atomic E-state index is -0.244. The van der Waals surface area contributed by atoms with Crippen molar-refractivity contribution in [3.05, 3.63) is 41.6 Å². The lowest BCUT2D eigenvalue weighted by molar-refractivity contribution is -0.131. The first-order valence-electron chi connectivity index (χ1n) is 12.9. The van der Waals surface area contributed by atoms with Crippen molar-refractivity contribution in [1.82, 2.24) is 25.1 Å². The Balaban J connectivity index is 1.45. The van der Waals surface area contributed by atoms with Gasteiger partial charge in [0.05, 0.1) is 11.1 Å². The Morgan fingerprint density at radius 3 is 2.61 bits per heavy atom. The van der Waals surface area contributed by atoms with Gasteiger partial charge in [-0.15, -0.1) is 0 Å². The van der Waals surface area contributed by atoms with Gasteiger partial charge in [0.2, 0.25) is 5.91 Å². The smallest absolute Gasteiger partial charge is 0.259 e. The van der Waals surface area contributed by atoms with Crippen molar-refractivity contribution < 1.29 is 14.0 Å². The van der Waals surface area contributed by atoms with Gasteiger partial charge in [0.25, 0.3) is 5.91 Å². The molecule has 6 rings (SSSR count). The molecule has 2 N–H and O–H groups in total. The third-order valence-corrected chi connectivity index (χ3v) is 7.44. The summed E-state index contributed by atoms with van der Waals surface area (Å²) in [4.78, 5) is 40.8. The third-order valence-electron chi connectivity index (χ3n) is 7.44. The zero-order chi connectivity index (χ0) is 25.2. The van der Waals surface area contributed by atoms with Gasteiger partial charge < -0.3 is 20.4 Å². The van der Waals surface area contributed by atoms with E-state index >= 15 is 0 Å². The first kappa shape index (κ1) is 24.4. The lowest BCUT2D eigenvalue weighted by Crippen LogP contribution is -2.49. The Morgan fingerprint density at radius 1 is 1.06 bits per heavy atom. The molecule has 1 saturated heterocycles. The van der Waals surface area contributed by atoms with Gasteiger partial charge in [0.15, 0.2) is 0 Å². The summed E-state index contributed by atoms with van der Waals surface area (Å²) in [5.41, 5.74) is 1.87. The van der Waals surface area contributed by atoms with Crippen LogP contribution in [0, 0.1) is 0 Å². The Kier molecular flexibility index (Phi) is 7.04. The summed E-state index contributed by atoms with van der Waals surface area (Å²) >= 11 is 0. The van der Waals surface area contributed by atoms with Crippen LogP contribution in [0.3, 0.4) is 0 Å². The van der Waals surface area contributed by atoms with Crippen LogP contribution in [-0.4, -0.2) is 82.9 Å². The maximum Gasteiger partial charge on any atom is 0.259 e. The van der Waals surface area contributed by atoms with Crippen LogP contribution in [-0.2, 0) is 9.59 Å². The Hall–Kier alpha value is -3.27. The minimum Gasteiger partial charge on any atom is -0.384 e. The van der Waals surface area contributed by atoms with Crippen molar-refractivity contribution in [3.8, 4) is 0 Å². The monoisotopic (exact) mass is 495 g/mol. The summed E-state index contributed by atoms with van der Waals surface area (Å²) in [5.74, 6) is 0.916. The molecule has 1 aromatic heterocycles. The number of halogens is 1. The molecule has 5 heterocycles. The number of fused-ring (bicyclic) bond motifs is 9. The zero-order valence-corrected chi connectivity index (χ0v) is 21.0. The molecule has 2 amide bonds. The van der Waals surface area contributed by atoms with Crippen LogP contribution >= 0.6 is 0 Å². The van der Waals surface area contributed by atoms with Gasteiger partial charge >= 0.3 is 0 Å². The van der Waals surface area contributed by atoms with Gasteiger partial charge in [-0.1, -0.05) is 6.08 Å². The maximum absolute atomic E-state index is 14.8. The number of piperazine rings is 1. The number of rotatable bonds is 1. The van der Waals surface area contributed by atoms with E-state index in [1.165, 1.54) is 12.4 Å². The summed E-state index contributed by atoms with van der Waals surface area (Å²) in [6.45, 7) is 8.12. The molecule has 9 nitrogen and oxygen atoms in total. The number of aromatic nitrogens is 2. The van der Waals surface area contributed by atoms with Gasteiger partial charge in [-0.3, -0.25) is 14.5 Å². The van der Waals surface area contributed by atoms with Crippen molar-refractivity contribution >= 4 is 29.0 Å². The highest BCUT2D eigenvalue weighted by atomic mass is 19.1. The van der Waals surface area contributed by atoms with Crippen molar-refractivity contribution in [2.24, 2.45) is 0 Å². The fraction of sp³-hybridized carbons (Fsp3) is 0.538. The van der Waals surface area contributed by atoms with Gasteiger partial charge in [0, 0.05) is 57.4 Å². The van der Waals surface area contributed by atoms with Crippen molar-refractivity contribution in [2.45, 2.75) is 51.6 Å². The number of hydrogen-bond acceptors (Lipinski definition) is 7. The van der Waals surface area contributed by atoms with Crippen LogP contribution < -0.4 is 15.5 Å². The minimum absolute atomic E-state index is 0.130. The van der Waals surface area contributed by atoms with Crippen LogP contribution in [0.1, 0.15) is 45.1 Å². The SMILES string of the molecule is CC(C)N1CCCCC(=O)N2CCN(CC2)c2ncnc3c2/C(=C/NC2C=CC(F)=C(C2)C1)C(=O)N3. The molecule has 1 aromatic rings. The van der Waals surface area contributed by atoms with E-state index in [1.54, 1.807) is 12.3 Å². The van der Waals surface area contributed by atoms with Crippen LogP contribution in [0.4, 0.5) is 16.0 Å². The molecule has 0 saturated carbocycles. The second-order valence-corrected chi connectivity index (χ2v) is 10.1. The molecule has 10 heteroatoms. The average Bonchev–Trinajstić information content (AvgIpc) is 3.20. The fourth-order valence-electron chi connectivity index (χ4n) is 5.26. The van der Waals surface area contributed by atoms with E-state index in [0.29, 0.717) is 68.3 Å². The second-order valence-electron chi connectivity index (χ2n) is 10.1. The molecule has 0 radical (unpaired) electrons. The number of nitrogens with zero attached hydrogens (tertiary/aromatic N) is 5. The number of hydrogen-bond donors (Lipinski definition) is 2. The molecule has 36 heavy (non-hydrogen) atoms. The Morgan fingerprint density at radius 2 is 1.83 bits per heavy atom. The fourth-order valence-corrected chi connectivity index (χ4v) is 5.26. The number of amides is 2. The first-order valence-corrected chi connectivity index (χ1v) is 12.9. The normalized spacial score (nSPS) is 25.1.